The average molecular weight is 339 g/mol. The van der Waals surface area contributed by atoms with Crippen molar-refractivity contribution in [1.29, 1.82) is 0 Å². The zero-order valence-electron chi connectivity index (χ0n) is 14.6. The van der Waals surface area contributed by atoms with Crippen LogP contribution in [0.2, 0.25) is 0 Å². The molecular weight excluding hydrogens is 318 g/mol. The number of benzene rings is 2. The number of para-hydroxylation sites is 2. The molecule has 0 radical (unpaired) electrons. The summed E-state index contributed by atoms with van der Waals surface area (Å²) in [6.07, 6.45) is 0. The second-order valence-electron chi connectivity index (χ2n) is 6.98. The summed E-state index contributed by atoms with van der Waals surface area (Å²) in [6, 6.07) is 14.6. The van der Waals surface area contributed by atoms with Crippen LogP contribution in [0.1, 0.15) is 26.3 Å². The van der Waals surface area contributed by atoms with Crippen LogP contribution in [0.15, 0.2) is 48.5 Å². The third-order valence-electron chi connectivity index (χ3n) is 4.05. The molecule has 3 rings (SSSR count). The zero-order valence-corrected chi connectivity index (χ0v) is 14.6. The second kappa shape index (κ2) is 6.59. The predicted molar refractivity (Wildman–Crippen MR) is 95.1 cm³/mol. The van der Waals surface area contributed by atoms with Gasteiger partial charge >= 0.3 is 5.97 Å². The molecule has 0 saturated carbocycles. The van der Waals surface area contributed by atoms with E-state index in [4.69, 9.17) is 9.47 Å². The molecule has 0 aromatic heterocycles. The Hall–Kier alpha value is -2.82. The highest BCUT2D eigenvalue weighted by atomic mass is 16.5. The largest absolute Gasteiger partial charge is 0.482 e. The number of carbonyl (C=O) groups excluding carboxylic acids is 2. The number of esters is 1. The van der Waals surface area contributed by atoms with Crippen LogP contribution in [0.25, 0.3) is 0 Å². The predicted octanol–water partition coefficient (Wildman–Crippen LogP) is 3.32. The number of fused-ring (bicyclic) bond motifs is 1. The Balaban J connectivity index is 1.70. The summed E-state index contributed by atoms with van der Waals surface area (Å²) in [7, 11) is 0. The van der Waals surface area contributed by atoms with E-state index in [0.29, 0.717) is 17.2 Å². The maximum absolute atomic E-state index is 12.3. The van der Waals surface area contributed by atoms with E-state index < -0.39 is 5.97 Å². The highest BCUT2D eigenvalue weighted by molar-refractivity contribution is 6.01. The van der Waals surface area contributed by atoms with E-state index in [1.165, 1.54) is 4.90 Å². The minimum Gasteiger partial charge on any atom is -0.482 e. The van der Waals surface area contributed by atoms with Gasteiger partial charge in [0.15, 0.2) is 6.61 Å². The number of hydrogen-bond donors (Lipinski definition) is 0. The zero-order chi connectivity index (χ0) is 18.0. The minimum atomic E-state index is -0.492. The van der Waals surface area contributed by atoms with Crippen LogP contribution in [0.4, 0.5) is 5.69 Å². The molecule has 0 saturated heterocycles. The number of anilines is 1. The number of amides is 1. The molecular formula is C20H21NO4. The third-order valence-corrected chi connectivity index (χ3v) is 4.05. The Kier molecular flexibility index (Phi) is 4.49. The van der Waals surface area contributed by atoms with E-state index in [-0.39, 0.29) is 24.5 Å². The topological polar surface area (TPSA) is 55.8 Å². The van der Waals surface area contributed by atoms with Gasteiger partial charge in [0, 0.05) is 0 Å². The van der Waals surface area contributed by atoms with Crippen molar-refractivity contribution in [2.24, 2.45) is 0 Å². The van der Waals surface area contributed by atoms with Crippen LogP contribution < -0.4 is 14.4 Å². The van der Waals surface area contributed by atoms with Crippen LogP contribution in [0, 0.1) is 0 Å². The van der Waals surface area contributed by atoms with Crippen molar-refractivity contribution in [2.45, 2.75) is 26.2 Å². The first-order valence-electron chi connectivity index (χ1n) is 8.18. The third kappa shape index (κ3) is 3.82. The molecule has 1 aliphatic heterocycles. The fraction of sp³-hybridized carbons (Fsp3) is 0.300. The number of carbonyl (C=O) groups is 2. The molecule has 130 valence electrons. The Labute approximate surface area is 147 Å². The maximum Gasteiger partial charge on any atom is 0.331 e. The van der Waals surface area contributed by atoms with E-state index in [1.54, 1.807) is 30.3 Å². The van der Waals surface area contributed by atoms with Gasteiger partial charge < -0.3 is 9.47 Å². The Morgan fingerprint density at radius 3 is 2.48 bits per heavy atom. The van der Waals surface area contributed by atoms with Crippen molar-refractivity contribution < 1.29 is 19.1 Å². The summed E-state index contributed by atoms with van der Waals surface area (Å²) < 4.78 is 10.7. The fourth-order valence-corrected chi connectivity index (χ4v) is 2.64. The highest BCUT2D eigenvalue weighted by Crippen LogP contribution is 2.31. The van der Waals surface area contributed by atoms with Crippen LogP contribution in [-0.2, 0) is 15.0 Å². The van der Waals surface area contributed by atoms with E-state index >= 15 is 0 Å². The van der Waals surface area contributed by atoms with Crippen molar-refractivity contribution >= 4 is 17.6 Å². The normalized spacial score (nSPS) is 13.9. The van der Waals surface area contributed by atoms with Crippen LogP contribution in [0.3, 0.4) is 0 Å². The molecule has 0 unspecified atom stereocenters. The molecule has 0 fully saturated rings. The molecule has 2 aromatic rings. The molecule has 0 N–H and O–H groups in total. The molecule has 5 heteroatoms. The maximum atomic E-state index is 12.3. The van der Waals surface area contributed by atoms with Crippen molar-refractivity contribution in [1.82, 2.24) is 0 Å². The standard InChI is InChI=1S/C20H21NO4/c1-20(2,3)14-8-10-15(11-9-14)25-19(23)12-21-16-6-4-5-7-17(16)24-13-18(21)22/h4-11H,12-13H2,1-3H3. The van der Waals surface area contributed by atoms with Gasteiger partial charge in [-0.2, -0.15) is 0 Å². The van der Waals surface area contributed by atoms with Gasteiger partial charge in [-0.1, -0.05) is 45.0 Å². The van der Waals surface area contributed by atoms with Gasteiger partial charge in [0.25, 0.3) is 5.91 Å². The number of rotatable bonds is 3. The summed E-state index contributed by atoms with van der Waals surface area (Å²) in [4.78, 5) is 25.7. The number of ether oxygens (including phenoxy) is 2. The smallest absolute Gasteiger partial charge is 0.331 e. The molecule has 2 aromatic carbocycles. The molecule has 25 heavy (non-hydrogen) atoms. The van der Waals surface area contributed by atoms with Crippen LogP contribution in [-0.4, -0.2) is 25.0 Å². The van der Waals surface area contributed by atoms with Crippen LogP contribution >= 0.6 is 0 Å². The first kappa shape index (κ1) is 17.0. The van der Waals surface area contributed by atoms with Gasteiger partial charge in [0.2, 0.25) is 0 Å². The molecule has 1 aliphatic rings. The molecule has 0 atom stereocenters. The number of nitrogens with zero attached hydrogens (tertiary/aromatic N) is 1. The highest BCUT2D eigenvalue weighted by Gasteiger charge is 2.27. The lowest BCUT2D eigenvalue weighted by atomic mass is 9.87. The SMILES string of the molecule is CC(C)(C)c1ccc(OC(=O)CN2C(=O)COc3ccccc32)cc1. The summed E-state index contributed by atoms with van der Waals surface area (Å²) >= 11 is 0. The van der Waals surface area contributed by atoms with Gasteiger partial charge in [0.1, 0.15) is 18.0 Å². The van der Waals surface area contributed by atoms with Gasteiger partial charge in [-0.3, -0.25) is 9.69 Å². The summed E-state index contributed by atoms with van der Waals surface area (Å²) in [5.41, 5.74) is 1.77. The van der Waals surface area contributed by atoms with Gasteiger partial charge in [-0.15, -0.1) is 0 Å². The lowest BCUT2D eigenvalue weighted by molar-refractivity contribution is -0.134. The Bertz CT molecular complexity index is 790. The van der Waals surface area contributed by atoms with Gasteiger partial charge in [-0.05, 0) is 35.2 Å². The molecule has 1 amide bonds. The fourth-order valence-electron chi connectivity index (χ4n) is 2.64. The lowest BCUT2D eigenvalue weighted by Crippen LogP contribution is -2.43. The van der Waals surface area contributed by atoms with Crippen molar-refractivity contribution in [2.75, 3.05) is 18.1 Å². The van der Waals surface area contributed by atoms with E-state index in [0.717, 1.165) is 5.56 Å². The molecule has 0 aliphatic carbocycles. The van der Waals surface area contributed by atoms with Crippen molar-refractivity contribution in [3.05, 3.63) is 54.1 Å². The Morgan fingerprint density at radius 1 is 1.12 bits per heavy atom. The number of hydrogen-bond acceptors (Lipinski definition) is 4. The molecule has 0 spiro atoms. The van der Waals surface area contributed by atoms with Gasteiger partial charge in [0.05, 0.1) is 5.69 Å². The molecule has 0 bridgehead atoms. The quantitative estimate of drug-likeness (QED) is 0.636. The summed E-state index contributed by atoms with van der Waals surface area (Å²) in [6.45, 7) is 6.13. The van der Waals surface area contributed by atoms with Crippen molar-refractivity contribution in [3.8, 4) is 11.5 Å². The minimum absolute atomic E-state index is 0.0342. The summed E-state index contributed by atoms with van der Waals surface area (Å²) in [5.74, 6) is 0.295. The van der Waals surface area contributed by atoms with Crippen molar-refractivity contribution in [3.63, 3.8) is 0 Å². The second-order valence-corrected chi connectivity index (χ2v) is 6.98. The molecule has 5 nitrogen and oxygen atoms in total. The monoisotopic (exact) mass is 339 g/mol. The first-order chi connectivity index (χ1) is 11.8. The van der Waals surface area contributed by atoms with Gasteiger partial charge in [-0.25, -0.2) is 4.79 Å². The first-order valence-corrected chi connectivity index (χ1v) is 8.18. The molecule has 1 heterocycles. The van der Waals surface area contributed by atoms with Crippen LogP contribution in [0.5, 0.6) is 11.5 Å². The van der Waals surface area contributed by atoms with E-state index in [1.807, 2.05) is 18.2 Å². The average Bonchev–Trinajstić information content (AvgIpc) is 2.57. The lowest BCUT2D eigenvalue weighted by Gasteiger charge is -2.28. The van der Waals surface area contributed by atoms with E-state index in [9.17, 15) is 9.59 Å². The summed E-state index contributed by atoms with van der Waals surface area (Å²) in [5, 5.41) is 0. The van der Waals surface area contributed by atoms with E-state index in [2.05, 4.69) is 20.8 Å². The Morgan fingerprint density at radius 2 is 1.80 bits per heavy atom.